The predicted octanol–water partition coefficient (Wildman–Crippen LogP) is 3.86. The summed E-state index contributed by atoms with van der Waals surface area (Å²) in [6.07, 6.45) is 0. The standard InChI is InChI=1S/C15H20ClF2NO2/c1-15(2,3)12(9-21-14(17)18)13(20)19-8-10-5-4-6-11(16)7-10/h4-7,12,14H,8-9H2,1-3H3,(H,19,20)/t12-/m1/s1. The number of carbonyl (C=O) groups is 1. The molecule has 0 saturated carbocycles. The van der Waals surface area contributed by atoms with Crippen molar-refractivity contribution in [1.82, 2.24) is 5.32 Å². The molecule has 0 bridgehead atoms. The summed E-state index contributed by atoms with van der Waals surface area (Å²) in [5.74, 6) is -0.978. The Morgan fingerprint density at radius 3 is 2.57 bits per heavy atom. The Balaban J connectivity index is 2.64. The molecule has 0 radical (unpaired) electrons. The second-order valence-electron chi connectivity index (χ2n) is 5.86. The lowest BCUT2D eigenvalue weighted by atomic mass is 9.80. The minimum Gasteiger partial charge on any atom is -0.352 e. The average Bonchev–Trinajstić information content (AvgIpc) is 2.34. The molecule has 1 aromatic carbocycles. The molecule has 0 spiro atoms. The summed E-state index contributed by atoms with van der Waals surface area (Å²) < 4.78 is 28.7. The van der Waals surface area contributed by atoms with Crippen molar-refractivity contribution in [3.63, 3.8) is 0 Å². The maximum Gasteiger partial charge on any atom is 0.345 e. The van der Waals surface area contributed by atoms with Gasteiger partial charge in [-0.2, -0.15) is 8.78 Å². The Bertz CT molecular complexity index is 475. The van der Waals surface area contributed by atoms with Crippen LogP contribution < -0.4 is 5.32 Å². The van der Waals surface area contributed by atoms with Crippen molar-refractivity contribution >= 4 is 17.5 Å². The van der Waals surface area contributed by atoms with E-state index in [0.29, 0.717) is 11.6 Å². The number of ether oxygens (including phenoxy) is 1. The molecular formula is C15H20ClF2NO2. The van der Waals surface area contributed by atoms with Crippen LogP contribution in [0.2, 0.25) is 5.02 Å². The lowest BCUT2D eigenvalue weighted by Gasteiger charge is -2.29. The zero-order valence-corrected chi connectivity index (χ0v) is 13.1. The number of hydrogen-bond donors (Lipinski definition) is 1. The first-order valence-electron chi connectivity index (χ1n) is 6.62. The van der Waals surface area contributed by atoms with E-state index in [1.165, 1.54) is 0 Å². The van der Waals surface area contributed by atoms with Gasteiger partial charge in [-0.25, -0.2) is 0 Å². The van der Waals surface area contributed by atoms with Gasteiger partial charge in [-0.15, -0.1) is 0 Å². The van der Waals surface area contributed by atoms with Crippen LogP contribution in [0.3, 0.4) is 0 Å². The summed E-state index contributed by atoms with van der Waals surface area (Å²) in [7, 11) is 0. The zero-order valence-electron chi connectivity index (χ0n) is 12.3. The maximum absolute atomic E-state index is 12.2. The first-order chi connectivity index (χ1) is 9.70. The highest BCUT2D eigenvalue weighted by Crippen LogP contribution is 2.27. The Labute approximate surface area is 128 Å². The highest BCUT2D eigenvalue weighted by atomic mass is 35.5. The molecule has 0 aliphatic heterocycles. The molecule has 118 valence electrons. The molecule has 0 heterocycles. The van der Waals surface area contributed by atoms with Crippen molar-refractivity contribution < 1.29 is 18.3 Å². The van der Waals surface area contributed by atoms with Crippen molar-refractivity contribution in [2.45, 2.75) is 33.9 Å². The minimum atomic E-state index is -2.88. The van der Waals surface area contributed by atoms with E-state index >= 15 is 0 Å². The molecule has 21 heavy (non-hydrogen) atoms. The van der Waals surface area contributed by atoms with E-state index < -0.39 is 17.9 Å². The molecule has 0 unspecified atom stereocenters. The first kappa shape index (κ1) is 17.9. The molecular weight excluding hydrogens is 300 g/mol. The lowest BCUT2D eigenvalue weighted by molar-refractivity contribution is -0.156. The number of rotatable bonds is 6. The number of amides is 1. The van der Waals surface area contributed by atoms with Gasteiger partial charge in [0.2, 0.25) is 5.91 Å². The van der Waals surface area contributed by atoms with E-state index in [9.17, 15) is 13.6 Å². The van der Waals surface area contributed by atoms with Crippen molar-refractivity contribution in [2.24, 2.45) is 11.3 Å². The van der Waals surface area contributed by atoms with Crippen LogP contribution in [-0.2, 0) is 16.1 Å². The smallest absolute Gasteiger partial charge is 0.345 e. The molecule has 1 aromatic rings. The van der Waals surface area contributed by atoms with Gasteiger partial charge in [0.25, 0.3) is 0 Å². The number of nitrogens with one attached hydrogen (secondary N) is 1. The van der Waals surface area contributed by atoms with Crippen LogP contribution in [0.25, 0.3) is 0 Å². The summed E-state index contributed by atoms with van der Waals surface area (Å²) >= 11 is 5.86. The Morgan fingerprint density at radius 1 is 1.38 bits per heavy atom. The normalized spacial score (nSPS) is 13.3. The van der Waals surface area contributed by atoms with Crippen LogP contribution in [0.4, 0.5) is 8.78 Å². The van der Waals surface area contributed by atoms with E-state index in [2.05, 4.69) is 10.1 Å². The van der Waals surface area contributed by atoms with Gasteiger partial charge in [-0.3, -0.25) is 4.79 Å². The Morgan fingerprint density at radius 2 is 2.05 bits per heavy atom. The van der Waals surface area contributed by atoms with E-state index in [1.54, 1.807) is 18.2 Å². The molecule has 0 saturated heterocycles. The van der Waals surface area contributed by atoms with Gasteiger partial charge < -0.3 is 10.1 Å². The van der Waals surface area contributed by atoms with E-state index in [4.69, 9.17) is 11.6 Å². The van der Waals surface area contributed by atoms with Crippen LogP contribution >= 0.6 is 11.6 Å². The monoisotopic (exact) mass is 319 g/mol. The number of carbonyl (C=O) groups excluding carboxylic acids is 1. The zero-order chi connectivity index (χ0) is 16.0. The van der Waals surface area contributed by atoms with Gasteiger partial charge in [0.1, 0.15) is 0 Å². The average molecular weight is 320 g/mol. The molecule has 1 atom stereocenters. The molecule has 6 heteroatoms. The van der Waals surface area contributed by atoms with Gasteiger partial charge >= 0.3 is 6.61 Å². The number of benzene rings is 1. The first-order valence-corrected chi connectivity index (χ1v) is 7.00. The van der Waals surface area contributed by atoms with Crippen LogP contribution in [0.5, 0.6) is 0 Å². The van der Waals surface area contributed by atoms with Gasteiger partial charge in [-0.05, 0) is 23.1 Å². The summed E-state index contributed by atoms with van der Waals surface area (Å²) in [6.45, 7) is 2.53. The fourth-order valence-electron chi connectivity index (χ4n) is 1.85. The summed E-state index contributed by atoms with van der Waals surface area (Å²) in [5.41, 5.74) is 0.367. The highest BCUT2D eigenvalue weighted by Gasteiger charge is 2.32. The molecule has 3 nitrogen and oxygen atoms in total. The van der Waals surface area contributed by atoms with Crippen molar-refractivity contribution in [2.75, 3.05) is 6.61 Å². The third kappa shape index (κ3) is 6.40. The van der Waals surface area contributed by atoms with Gasteiger partial charge in [0.05, 0.1) is 12.5 Å². The van der Waals surface area contributed by atoms with Gasteiger partial charge in [0, 0.05) is 11.6 Å². The summed E-state index contributed by atoms with van der Waals surface area (Å²) in [6, 6.07) is 7.09. The third-order valence-electron chi connectivity index (χ3n) is 3.11. The van der Waals surface area contributed by atoms with Crippen molar-refractivity contribution in [1.29, 1.82) is 0 Å². The van der Waals surface area contributed by atoms with Crippen LogP contribution in [-0.4, -0.2) is 19.1 Å². The molecule has 0 aromatic heterocycles. The second-order valence-corrected chi connectivity index (χ2v) is 6.30. The van der Waals surface area contributed by atoms with Gasteiger partial charge in [-0.1, -0.05) is 44.5 Å². The minimum absolute atomic E-state index is 0.292. The predicted molar refractivity (Wildman–Crippen MR) is 78.2 cm³/mol. The maximum atomic E-state index is 12.2. The van der Waals surface area contributed by atoms with Crippen LogP contribution in [0.15, 0.2) is 24.3 Å². The second kappa shape index (κ2) is 7.71. The third-order valence-corrected chi connectivity index (χ3v) is 3.34. The highest BCUT2D eigenvalue weighted by molar-refractivity contribution is 6.30. The Hall–Kier alpha value is -1.20. The van der Waals surface area contributed by atoms with E-state index in [-0.39, 0.29) is 12.5 Å². The number of alkyl halides is 2. The molecule has 1 N–H and O–H groups in total. The Kier molecular flexibility index (Phi) is 6.55. The molecule has 0 aliphatic rings. The van der Waals surface area contributed by atoms with Crippen molar-refractivity contribution in [3.8, 4) is 0 Å². The number of halogens is 3. The van der Waals surface area contributed by atoms with Gasteiger partial charge in [0.15, 0.2) is 0 Å². The summed E-state index contributed by atoms with van der Waals surface area (Å²) in [5, 5.41) is 3.31. The number of hydrogen-bond acceptors (Lipinski definition) is 2. The molecule has 0 fully saturated rings. The largest absolute Gasteiger partial charge is 0.352 e. The van der Waals surface area contributed by atoms with Crippen LogP contribution in [0.1, 0.15) is 26.3 Å². The van der Waals surface area contributed by atoms with E-state index in [0.717, 1.165) is 5.56 Å². The topological polar surface area (TPSA) is 38.3 Å². The van der Waals surface area contributed by atoms with Crippen LogP contribution in [0, 0.1) is 11.3 Å². The van der Waals surface area contributed by atoms with E-state index in [1.807, 2.05) is 26.8 Å². The molecule has 1 rings (SSSR count). The fraction of sp³-hybridized carbons (Fsp3) is 0.533. The molecule has 1 amide bonds. The lowest BCUT2D eigenvalue weighted by Crippen LogP contribution is -2.40. The SMILES string of the molecule is CC(C)(C)[C@H](COC(F)F)C(=O)NCc1cccc(Cl)c1. The summed E-state index contributed by atoms with van der Waals surface area (Å²) in [4.78, 5) is 12.2. The van der Waals surface area contributed by atoms with Crippen molar-refractivity contribution in [3.05, 3.63) is 34.9 Å². The fourth-order valence-corrected chi connectivity index (χ4v) is 2.06. The quantitative estimate of drug-likeness (QED) is 0.864. The molecule has 0 aliphatic carbocycles.